The van der Waals surface area contributed by atoms with Crippen LogP contribution in [0.5, 0.6) is 5.75 Å². The SMILES string of the molecule is COc1cccc2[nH]cc(CCNc3c(F)cncc3F)c12. The van der Waals surface area contributed by atoms with E-state index in [-0.39, 0.29) is 5.69 Å². The van der Waals surface area contributed by atoms with Gasteiger partial charge in [-0.1, -0.05) is 6.07 Å². The Hall–Kier alpha value is -2.63. The second-order valence-electron chi connectivity index (χ2n) is 4.85. The first kappa shape index (κ1) is 14.3. The third-order valence-electron chi connectivity index (χ3n) is 3.52. The minimum absolute atomic E-state index is 0.151. The van der Waals surface area contributed by atoms with Gasteiger partial charge >= 0.3 is 0 Å². The van der Waals surface area contributed by atoms with Gasteiger partial charge in [0, 0.05) is 23.6 Å². The van der Waals surface area contributed by atoms with E-state index in [1.807, 2.05) is 24.4 Å². The number of anilines is 1. The largest absolute Gasteiger partial charge is 0.496 e. The first-order valence-corrected chi connectivity index (χ1v) is 6.86. The number of fused-ring (bicyclic) bond motifs is 1. The number of methoxy groups -OCH3 is 1. The van der Waals surface area contributed by atoms with Crippen LogP contribution in [0.15, 0.2) is 36.8 Å². The zero-order valence-corrected chi connectivity index (χ0v) is 12.0. The Morgan fingerprint density at radius 2 is 2.00 bits per heavy atom. The summed E-state index contributed by atoms with van der Waals surface area (Å²) in [5.41, 5.74) is 1.84. The fourth-order valence-corrected chi connectivity index (χ4v) is 2.49. The molecule has 0 saturated carbocycles. The van der Waals surface area contributed by atoms with Gasteiger partial charge in [0.15, 0.2) is 11.6 Å². The number of aromatic amines is 1. The number of rotatable bonds is 5. The van der Waals surface area contributed by atoms with Crippen LogP contribution in [0, 0.1) is 11.6 Å². The van der Waals surface area contributed by atoms with Crippen LogP contribution < -0.4 is 10.1 Å². The standard InChI is InChI=1S/C16H15F2N3O/c1-22-14-4-2-3-13-15(14)10(7-21-13)5-6-20-16-11(17)8-19-9-12(16)18/h2-4,7-9,21H,5-6H2,1H3,(H,19,20). The van der Waals surface area contributed by atoms with Crippen molar-refractivity contribution in [2.24, 2.45) is 0 Å². The summed E-state index contributed by atoms with van der Waals surface area (Å²) < 4.78 is 32.4. The zero-order valence-electron chi connectivity index (χ0n) is 12.0. The van der Waals surface area contributed by atoms with Crippen molar-refractivity contribution in [1.82, 2.24) is 9.97 Å². The van der Waals surface area contributed by atoms with E-state index in [0.717, 1.165) is 34.6 Å². The number of aromatic nitrogens is 2. The van der Waals surface area contributed by atoms with Crippen molar-refractivity contribution in [2.75, 3.05) is 19.0 Å². The Labute approximate surface area is 126 Å². The summed E-state index contributed by atoms with van der Waals surface area (Å²) >= 11 is 0. The first-order valence-electron chi connectivity index (χ1n) is 6.86. The molecule has 0 bridgehead atoms. The molecule has 0 aliphatic carbocycles. The molecule has 1 aromatic carbocycles. The van der Waals surface area contributed by atoms with Crippen molar-refractivity contribution in [2.45, 2.75) is 6.42 Å². The molecule has 6 heteroatoms. The lowest BCUT2D eigenvalue weighted by Gasteiger charge is -2.08. The van der Waals surface area contributed by atoms with E-state index in [0.29, 0.717) is 13.0 Å². The van der Waals surface area contributed by atoms with Gasteiger partial charge in [0.2, 0.25) is 0 Å². The van der Waals surface area contributed by atoms with Crippen LogP contribution in [0.2, 0.25) is 0 Å². The summed E-state index contributed by atoms with van der Waals surface area (Å²) in [4.78, 5) is 6.62. The van der Waals surface area contributed by atoms with Gasteiger partial charge in [0.1, 0.15) is 11.4 Å². The molecule has 3 aromatic rings. The van der Waals surface area contributed by atoms with Crippen molar-refractivity contribution in [3.63, 3.8) is 0 Å². The number of hydrogen-bond donors (Lipinski definition) is 2. The van der Waals surface area contributed by atoms with Gasteiger partial charge in [0.25, 0.3) is 0 Å². The number of halogens is 2. The summed E-state index contributed by atoms with van der Waals surface area (Å²) in [5, 5.41) is 3.77. The summed E-state index contributed by atoms with van der Waals surface area (Å²) in [7, 11) is 1.62. The monoisotopic (exact) mass is 303 g/mol. The van der Waals surface area contributed by atoms with Crippen molar-refractivity contribution in [3.8, 4) is 5.75 Å². The Morgan fingerprint density at radius 1 is 1.23 bits per heavy atom. The summed E-state index contributed by atoms with van der Waals surface area (Å²) in [6.07, 6.45) is 4.45. The molecule has 0 fully saturated rings. The molecular weight excluding hydrogens is 288 g/mol. The predicted molar refractivity (Wildman–Crippen MR) is 81.2 cm³/mol. The molecule has 0 aliphatic rings. The lowest BCUT2D eigenvalue weighted by molar-refractivity contribution is 0.419. The molecule has 114 valence electrons. The second kappa shape index (κ2) is 6.01. The van der Waals surface area contributed by atoms with Gasteiger partial charge in [-0.15, -0.1) is 0 Å². The summed E-state index contributed by atoms with van der Waals surface area (Å²) in [6, 6.07) is 5.74. The zero-order chi connectivity index (χ0) is 15.5. The Kier molecular flexibility index (Phi) is 3.91. The van der Waals surface area contributed by atoms with E-state index in [9.17, 15) is 8.78 Å². The average molecular weight is 303 g/mol. The molecule has 2 aromatic heterocycles. The lowest BCUT2D eigenvalue weighted by atomic mass is 10.1. The lowest BCUT2D eigenvalue weighted by Crippen LogP contribution is -2.08. The molecular formula is C16H15F2N3O. The van der Waals surface area contributed by atoms with Gasteiger partial charge in [-0.05, 0) is 24.1 Å². The summed E-state index contributed by atoms with van der Waals surface area (Å²) in [5.74, 6) is -0.622. The number of nitrogens with one attached hydrogen (secondary N) is 2. The molecule has 22 heavy (non-hydrogen) atoms. The van der Waals surface area contributed by atoms with Gasteiger partial charge in [-0.2, -0.15) is 0 Å². The highest BCUT2D eigenvalue weighted by atomic mass is 19.1. The molecule has 2 N–H and O–H groups in total. The van der Waals surface area contributed by atoms with E-state index >= 15 is 0 Å². The van der Waals surface area contributed by atoms with Crippen LogP contribution >= 0.6 is 0 Å². The van der Waals surface area contributed by atoms with Crippen molar-refractivity contribution >= 4 is 16.6 Å². The molecule has 0 radical (unpaired) electrons. The quantitative estimate of drug-likeness (QED) is 0.758. The third-order valence-corrected chi connectivity index (χ3v) is 3.52. The molecule has 2 heterocycles. The highest BCUT2D eigenvalue weighted by molar-refractivity contribution is 5.89. The molecule has 0 unspecified atom stereocenters. The molecule has 0 saturated heterocycles. The fourth-order valence-electron chi connectivity index (χ4n) is 2.49. The van der Waals surface area contributed by atoms with Crippen LogP contribution in [0.1, 0.15) is 5.56 Å². The average Bonchev–Trinajstić information content (AvgIpc) is 2.93. The molecule has 0 spiro atoms. The fraction of sp³-hybridized carbons (Fsp3) is 0.188. The normalized spacial score (nSPS) is 10.9. The Bertz CT molecular complexity index is 781. The van der Waals surface area contributed by atoms with Gasteiger partial charge < -0.3 is 15.0 Å². The predicted octanol–water partition coefficient (Wildman–Crippen LogP) is 3.50. The van der Waals surface area contributed by atoms with E-state index in [4.69, 9.17) is 4.74 Å². The van der Waals surface area contributed by atoms with Gasteiger partial charge in [-0.3, -0.25) is 4.98 Å². The maximum atomic E-state index is 13.5. The van der Waals surface area contributed by atoms with Gasteiger partial charge in [-0.25, -0.2) is 8.78 Å². The molecule has 3 rings (SSSR count). The number of pyridine rings is 1. The van der Waals surface area contributed by atoms with E-state index in [1.165, 1.54) is 0 Å². The van der Waals surface area contributed by atoms with E-state index in [1.54, 1.807) is 7.11 Å². The van der Waals surface area contributed by atoms with Crippen molar-refractivity contribution in [1.29, 1.82) is 0 Å². The highest BCUT2D eigenvalue weighted by Crippen LogP contribution is 2.28. The van der Waals surface area contributed by atoms with Gasteiger partial charge in [0.05, 0.1) is 19.5 Å². The Balaban J connectivity index is 1.77. The maximum Gasteiger partial charge on any atom is 0.167 e. The second-order valence-corrected chi connectivity index (χ2v) is 4.85. The Morgan fingerprint density at radius 3 is 2.73 bits per heavy atom. The van der Waals surface area contributed by atoms with Crippen LogP contribution in [-0.2, 0) is 6.42 Å². The number of ether oxygens (including phenoxy) is 1. The number of H-pyrrole nitrogens is 1. The van der Waals surface area contributed by atoms with Crippen molar-refractivity contribution < 1.29 is 13.5 Å². The minimum atomic E-state index is -0.698. The summed E-state index contributed by atoms with van der Waals surface area (Å²) in [6.45, 7) is 0.392. The number of hydrogen-bond acceptors (Lipinski definition) is 3. The van der Waals surface area contributed by atoms with E-state index < -0.39 is 11.6 Å². The van der Waals surface area contributed by atoms with E-state index in [2.05, 4.69) is 15.3 Å². The maximum absolute atomic E-state index is 13.5. The topological polar surface area (TPSA) is 49.9 Å². The van der Waals surface area contributed by atoms with Crippen LogP contribution in [-0.4, -0.2) is 23.6 Å². The third kappa shape index (κ3) is 2.59. The van der Waals surface area contributed by atoms with Crippen molar-refractivity contribution in [3.05, 3.63) is 54.0 Å². The minimum Gasteiger partial charge on any atom is -0.496 e. The number of benzene rings is 1. The molecule has 4 nitrogen and oxygen atoms in total. The number of nitrogens with zero attached hydrogens (tertiary/aromatic N) is 1. The van der Waals surface area contributed by atoms with Crippen LogP contribution in [0.25, 0.3) is 10.9 Å². The highest BCUT2D eigenvalue weighted by Gasteiger charge is 2.11. The molecule has 0 atom stereocenters. The van der Waals surface area contributed by atoms with Crippen LogP contribution in [0.3, 0.4) is 0 Å². The van der Waals surface area contributed by atoms with Crippen LogP contribution in [0.4, 0.5) is 14.5 Å². The smallest absolute Gasteiger partial charge is 0.167 e. The first-order chi connectivity index (χ1) is 10.7. The molecule has 0 amide bonds. The molecule has 0 aliphatic heterocycles.